The van der Waals surface area contributed by atoms with Gasteiger partial charge in [-0.3, -0.25) is 9.59 Å². The van der Waals surface area contributed by atoms with Crippen LogP contribution in [0, 0.1) is 23.5 Å². The van der Waals surface area contributed by atoms with Crippen LogP contribution < -0.4 is 5.32 Å². The smallest absolute Gasteiger partial charge is 0.307 e. The number of carboxylic acid groups (broad SMARTS) is 1. The van der Waals surface area contributed by atoms with Crippen LogP contribution in [0.5, 0.6) is 0 Å². The van der Waals surface area contributed by atoms with Crippen LogP contribution in [0.15, 0.2) is 30.4 Å². The quantitative estimate of drug-likeness (QED) is 0.837. The number of halogens is 2. The van der Waals surface area contributed by atoms with Crippen molar-refractivity contribution in [3.8, 4) is 0 Å². The SMILES string of the molecule is O=C(O)C1CC=CCC1C(=O)Nc1c(F)cccc1F. The van der Waals surface area contributed by atoms with Gasteiger partial charge in [0.05, 0.1) is 11.8 Å². The molecule has 2 N–H and O–H groups in total. The number of para-hydroxylation sites is 1. The lowest BCUT2D eigenvalue weighted by Gasteiger charge is -2.24. The number of anilines is 1. The van der Waals surface area contributed by atoms with Crippen LogP contribution >= 0.6 is 0 Å². The van der Waals surface area contributed by atoms with Crippen molar-refractivity contribution < 1.29 is 23.5 Å². The third-order valence-electron chi connectivity index (χ3n) is 3.30. The average Bonchev–Trinajstić information content (AvgIpc) is 2.43. The van der Waals surface area contributed by atoms with Crippen molar-refractivity contribution in [2.24, 2.45) is 11.8 Å². The highest BCUT2D eigenvalue weighted by Gasteiger charge is 2.34. The van der Waals surface area contributed by atoms with Gasteiger partial charge in [-0.05, 0) is 25.0 Å². The van der Waals surface area contributed by atoms with Gasteiger partial charge in [0.25, 0.3) is 0 Å². The third kappa shape index (κ3) is 2.84. The molecule has 0 heterocycles. The number of nitrogens with one attached hydrogen (secondary N) is 1. The van der Waals surface area contributed by atoms with E-state index in [2.05, 4.69) is 5.32 Å². The molecule has 0 aromatic heterocycles. The lowest BCUT2D eigenvalue weighted by Crippen LogP contribution is -2.35. The Balaban J connectivity index is 2.19. The van der Waals surface area contributed by atoms with Crippen LogP contribution in [0.4, 0.5) is 14.5 Å². The molecule has 106 valence electrons. The fraction of sp³-hybridized carbons (Fsp3) is 0.286. The number of rotatable bonds is 3. The summed E-state index contributed by atoms with van der Waals surface area (Å²) in [6.45, 7) is 0. The van der Waals surface area contributed by atoms with Gasteiger partial charge >= 0.3 is 5.97 Å². The predicted molar refractivity (Wildman–Crippen MR) is 68.0 cm³/mol. The zero-order valence-electron chi connectivity index (χ0n) is 10.5. The number of benzene rings is 1. The van der Waals surface area contributed by atoms with E-state index in [9.17, 15) is 18.4 Å². The second kappa shape index (κ2) is 5.81. The highest BCUT2D eigenvalue weighted by Crippen LogP contribution is 2.28. The van der Waals surface area contributed by atoms with Crippen molar-refractivity contribution in [2.75, 3.05) is 5.32 Å². The first-order valence-electron chi connectivity index (χ1n) is 6.13. The topological polar surface area (TPSA) is 66.4 Å². The summed E-state index contributed by atoms with van der Waals surface area (Å²) in [7, 11) is 0. The van der Waals surface area contributed by atoms with Gasteiger partial charge in [-0.2, -0.15) is 0 Å². The molecule has 4 nitrogen and oxygen atoms in total. The number of aliphatic carboxylic acids is 1. The van der Waals surface area contributed by atoms with Crippen LogP contribution in [0.2, 0.25) is 0 Å². The number of carboxylic acids is 1. The summed E-state index contributed by atoms with van der Waals surface area (Å²) in [6.07, 6.45) is 3.85. The van der Waals surface area contributed by atoms with Gasteiger partial charge < -0.3 is 10.4 Å². The average molecular weight is 281 g/mol. The van der Waals surface area contributed by atoms with E-state index in [1.807, 2.05) is 0 Å². The minimum absolute atomic E-state index is 0.229. The van der Waals surface area contributed by atoms with E-state index in [0.29, 0.717) is 0 Å². The first kappa shape index (κ1) is 14.2. The van der Waals surface area contributed by atoms with E-state index in [4.69, 9.17) is 5.11 Å². The lowest BCUT2D eigenvalue weighted by molar-refractivity contribution is -0.146. The number of amides is 1. The van der Waals surface area contributed by atoms with E-state index in [-0.39, 0.29) is 12.8 Å². The molecule has 6 heteroatoms. The molecule has 0 bridgehead atoms. The zero-order chi connectivity index (χ0) is 14.7. The highest BCUT2D eigenvalue weighted by atomic mass is 19.1. The molecular weight excluding hydrogens is 268 g/mol. The molecule has 1 amide bonds. The number of hydrogen-bond acceptors (Lipinski definition) is 2. The monoisotopic (exact) mass is 281 g/mol. The molecule has 1 aromatic rings. The van der Waals surface area contributed by atoms with Gasteiger partial charge in [0.15, 0.2) is 0 Å². The van der Waals surface area contributed by atoms with Crippen LogP contribution in [0.25, 0.3) is 0 Å². The molecule has 1 aromatic carbocycles. The summed E-state index contributed by atoms with van der Waals surface area (Å²) < 4.78 is 26.9. The van der Waals surface area contributed by atoms with E-state index in [0.717, 1.165) is 12.1 Å². The van der Waals surface area contributed by atoms with E-state index >= 15 is 0 Å². The molecule has 1 aliphatic rings. The number of allylic oxidation sites excluding steroid dienone is 2. The highest BCUT2D eigenvalue weighted by molar-refractivity contribution is 5.95. The maximum absolute atomic E-state index is 13.4. The maximum atomic E-state index is 13.4. The van der Waals surface area contributed by atoms with Crippen molar-refractivity contribution in [1.82, 2.24) is 0 Å². The van der Waals surface area contributed by atoms with Crippen LogP contribution in [0.3, 0.4) is 0 Å². The minimum atomic E-state index is -1.09. The Morgan fingerprint density at radius 2 is 1.65 bits per heavy atom. The molecular formula is C14H13F2NO3. The number of hydrogen-bond donors (Lipinski definition) is 2. The largest absolute Gasteiger partial charge is 0.481 e. The zero-order valence-corrected chi connectivity index (χ0v) is 10.5. The van der Waals surface area contributed by atoms with E-state index < -0.39 is 41.0 Å². The Morgan fingerprint density at radius 1 is 1.10 bits per heavy atom. The molecule has 1 aliphatic carbocycles. The van der Waals surface area contributed by atoms with E-state index in [1.165, 1.54) is 6.07 Å². The minimum Gasteiger partial charge on any atom is -0.481 e. The Bertz CT molecular complexity index is 551. The van der Waals surface area contributed by atoms with Gasteiger partial charge in [0.1, 0.15) is 17.3 Å². The number of carbonyl (C=O) groups excluding carboxylic acids is 1. The van der Waals surface area contributed by atoms with Gasteiger partial charge in [-0.25, -0.2) is 8.78 Å². The summed E-state index contributed by atoms with van der Waals surface area (Å²) >= 11 is 0. The molecule has 0 radical (unpaired) electrons. The van der Waals surface area contributed by atoms with Crippen LogP contribution in [0.1, 0.15) is 12.8 Å². The van der Waals surface area contributed by atoms with E-state index in [1.54, 1.807) is 12.2 Å². The molecule has 2 atom stereocenters. The Kier molecular flexibility index (Phi) is 4.12. The molecule has 2 rings (SSSR count). The molecule has 2 unspecified atom stereocenters. The fourth-order valence-electron chi connectivity index (χ4n) is 2.21. The summed E-state index contributed by atoms with van der Waals surface area (Å²) in [5.74, 6) is -5.28. The second-order valence-electron chi connectivity index (χ2n) is 4.58. The summed E-state index contributed by atoms with van der Waals surface area (Å²) in [6, 6.07) is 3.23. The van der Waals surface area contributed by atoms with Gasteiger partial charge in [-0.15, -0.1) is 0 Å². The van der Waals surface area contributed by atoms with Gasteiger partial charge in [-0.1, -0.05) is 18.2 Å². The van der Waals surface area contributed by atoms with Crippen molar-refractivity contribution in [3.63, 3.8) is 0 Å². The number of carbonyl (C=O) groups is 2. The fourth-order valence-corrected chi connectivity index (χ4v) is 2.21. The molecule has 0 fully saturated rings. The van der Waals surface area contributed by atoms with Crippen molar-refractivity contribution >= 4 is 17.6 Å². The Hall–Kier alpha value is -2.24. The molecule has 0 saturated heterocycles. The second-order valence-corrected chi connectivity index (χ2v) is 4.58. The summed E-state index contributed by atoms with van der Waals surface area (Å²) in [5, 5.41) is 11.2. The van der Waals surface area contributed by atoms with Crippen molar-refractivity contribution in [2.45, 2.75) is 12.8 Å². The third-order valence-corrected chi connectivity index (χ3v) is 3.30. The first-order valence-corrected chi connectivity index (χ1v) is 6.13. The first-order chi connectivity index (χ1) is 9.50. The van der Waals surface area contributed by atoms with Crippen LogP contribution in [-0.4, -0.2) is 17.0 Å². The predicted octanol–water partition coefficient (Wildman–Crippen LogP) is 2.57. The summed E-state index contributed by atoms with van der Waals surface area (Å²) in [4.78, 5) is 23.1. The standard InChI is InChI=1S/C14H13F2NO3/c15-10-6-3-7-11(16)12(10)17-13(18)8-4-1-2-5-9(8)14(19)20/h1-3,6-9H,4-5H2,(H,17,18)(H,19,20). The molecule has 0 saturated carbocycles. The molecule has 0 spiro atoms. The lowest BCUT2D eigenvalue weighted by atomic mass is 9.82. The Morgan fingerprint density at radius 3 is 2.20 bits per heavy atom. The van der Waals surface area contributed by atoms with Crippen molar-refractivity contribution in [3.05, 3.63) is 42.0 Å². The molecule has 20 heavy (non-hydrogen) atoms. The normalized spacial score (nSPS) is 21.5. The maximum Gasteiger partial charge on any atom is 0.307 e. The van der Waals surface area contributed by atoms with Crippen LogP contribution in [-0.2, 0) is 9.59 Å². The Labute approximate surface area is 114 Å². The molecule has 0 aliphatic heterocycles. The van der Waals surface area contributed by atoms with Gasteiger partial charge in [0, 0.05) is 0 Å². The van der Waals surface area contributed by atoms with Gasteiger partial charge in [0.2, 0.25) is 5.91 Å². The summed E-state index contributed by atoms with van der Waals surface area (Å²) in [5.41, 5.74) is -0.545. The van der Waals surface area contributed by atoms with Crippen molar-refractivity contribution in [1.29, 1.82) is 0 Å².